The van der Waals surface area contributed by atoms with Crippen LogP contribution >= 0.6 is 0 Å². The molecule has 0 aliphatic rings. The first kappa shape index (κ1) is 17.7. The molecule has 0 aliphatic carbocycles. The van der Waals surface area contributed by atoms with E-state index in [2.05, 4.69) is 55.3 Å². The Kier molecular flexibility index (Phi) is 6.90. The SMILES string of the molecule is CN(C)CCCNC(=O)CCc1ccc(C(C)(C)C)cc1. The van der Waals surface area contributed by atoms with Gasteiger partial charge in [0.25, 0.3) is 0 Å². The van der Waals surface area contributed by atoms with E-state index in [4.69, 9.17) is 0 Å². The zero-order valence-corrected chi connectivity index (χ0v) is 14.2. The first-order valence-corrected chi connectivity index (χ1v) is 7.80. The van der Waals surface area contributed by atoms with Crippen LogP contribution in [0.4, 0.5) is 0 Å². The van der Waals surface area contributed by atoms with Crippen molar-refractivity contribution >= 4 is 5.91 Å². The minimum atomic E-state index is 0.147. The molecule has 21 heavy (non-hydrogen) atoms. The third kappa shape index (κ3) is 7.28. The second-order valence-electron chi connectivity index (χ2n) is 6.95. The molecule has 1 aromatic carbocycles. The van der Waals surface area contributed by atoms with Crippen LogP contribution in [0.3, 0.4) is 0 Å². The van der Waals surface area contributed by atoms with E-state index in [0.29, 0.717) is 6.42 Å². The summed E-state index contributed by atoms with van der Waals surface area (Å²) in [5.74, 6) is 0.147. The van der Waals surface area contributed by atoms with Crippen LogP contribution in [0.2, 0.25) is 0 Å². The van der Waals surface area contributed by atoms with Crippen LogP contribution in [-0.4, -0.2) is 38.0 Å². The van der Waals surface area contributed by atoms with Crippen molar-refractivity contribution in [2.75, 3.05) is 27.2 Å². The first-order valence-electron chi connectivity index (χ1n) is 7.80. The van der Waals surface area contributed by atoms with Crippen LogP contribution in [0.1, 0.15) is 44.7 Å². The zero-order valence-electron chi connectivity index (χ0n) is 14.2. The molecule has 1 N–H and O–H groups in total. The van der Waals surface area contributed by atoms with Crippen molar-refractivity contribution in [1.82, 2.24) is 10.2 Å². The molecule has 0 aliphatic heterocycles. The van der Waals surface area contributed by atoms with Gasteiger partial charge in [0.15, 0.2) is 0 Å². The number of aryl methyl sites for hydroxylation is 1. The number of rotatable bonds is 7. The Labute approximate surface area is 129 Å². The summed E-state index contributed by atoms with van der Waals surface area (Å²) in [7, 11) is 4.09. The van der Waals surface area contributed by atoms with E-state index in [9.17, 15) is 4.79 Å². The molecule has 3 heteroatoms. The molecule has 0 saturated carbocycles. The number of hydrogen-bond acceptors (Lipinski definition) is 2. The molecule has 0 radical (unpaired) electrons. The molecule has 118 valence electrons. The lowest BCUT2D eigenvalue weighted by molar-refractivity contribution is -0.121. The highest BCUT2D eigenvalue weighted by molar-refractivity contribution is 5.76. The predicted molar refractivity (Wildman–Crippen MR) is 89.6 cm³/mol. The summed E-state index contributed by atoms with van der Waals surface area (Å²) in [6, 6.07) is 8.62. The fourth-order valence-corrected chi connectivity index (χ4v) is 2.14. The molecule has 0 atom stereocenters. The molecule has 3 nitrogen and oxygen atoms in total. The maximum absolute atomic E-state index is 11.8. The van der Waals surface area contributed by atoms with Gasteiger partial charge in [0.2, 0.25) is 5.91 Å². The van der Waals surface area contributed by atoms with Gasteiger partial charge in [0.1, 0.15) is 0 Å². The summed E-state index contributed by atoms with van der Waals surface area (Å²) in [5.41, 5.74) is 2.74. The molecule has 0 aromatic heterocycles. The van der Waals surface area contributed by atoms with Crippen molar-refractivity contribution in [3.63, 3.8) is 0 Å². The average molecular weight is 290 g/mol. The second kappa shape index (κ2) is 8.18. The molecule has 0 bridgehead atoms. The summed E-state index contributed by atoms with van der Waals surface area (Å²) in [5, 5.41) is 2.98. The van der Waals surface area contributed by atoms with E-state index < -0.39 is 0 Å². The van der Waals surface area contributed by atoms with Crippen LogP contribution < -0.4 is 5.32 Å². The molecule has 0 unspecified atom stereocenters. The number of nitrogens with one attached hydrogen (secondary N) is 1. The third-order valence-corrected chi connectivity index (χ3v) is 3.56. The summed E-state index contributed by atoms with van der Waals surface area (Å²) >= 11 is 0. The summed E-state index contributed by atoms with van der Waals surface area (Å²) < 4.78 is 0. The molecule has 0 heterocycles. The maximum Gasteiger partial charge on any atom is 0.220 e. The van der Waals surface area contributed by atoms with Crippen molar-refractivity contribution < 1.29 is 4.79 Å². The van der Waals surface area contributed by atoms with E-state index in [0.717, 1.165) is 25.9 Å². The number of carbonyl (C=O) groups is 1. The van der Waals surface area contributed by atoms with Gasteiger partial charge in [0, 0.05) is 13.0 Å². The van der Waals surface area contributed by atoms with Crippen LogP contribution in [0, 0.1) is 0 Å². The number of amides is 1. The Hall–Kier alpha value is -1.35. The smallest absolute Gasteiger partial charge is 0.220 e. The Morgan fingerprint density at radius 2 is 1.76 bits per heavy atom. The Balaban J connectivity index is 2.30. The average Bonchev–Trinajstić information content (AvgIpc) is 2.40. The van der Waals surface area contributed by atoms with Gasteiger partial charge in [-0.05, 0) is 50.0 Å². The van der Waals surface area contributed by atoms with Crippen LogP contribution in [0.15, 0.2) is 24.3 Å². The van der Waals surface area contributed by atoms with Gasteiger partial charge in [-0.25, -0.2) is 0 Å². The largest absolute Gasteiger partial charge is 0.356 e. The van der Waals surface area contributed by atoms with Crippen molar-refractivity contribution in [3.8, 4) is 0 Å². The number of carbonyl (C=O) groups excluding carboxylic acids is 1. The van der Waals surface area contributed by atoms with Gasteiger partial charge >= 0.3 is 0 Å². The van der Waals surface area contributed by atoms with Gasteiger partial charge in [0.05, 0.1) is 0 Å². The van der Waals surface area contributed by atoms with Gasteiger partial charge in [-0.2, -0.15) is 0 Å². The number of benzene rings is 1. The lowest BCUT2D eigenvalue weighted by atomic mass is 9.86. The molecular weight excluding hydrogens is 260 g/mol. The first-order chi connectivity index (χ1) is 9.79. The highest BCUT2D eigenvalue weighted by Gasteiger charge is 2.12. The highest BCUT2D eigenvalue weighted by Crippen LogP contribution is 2.22. The second-order valence-corrected chi connectivity index (χ2v) is 6.95. The minimum absolute atomic E-state index is 0.147. The van der Waals surface area contributed by atoms with E-state index in [1.807, 2.05) is 14.1 Å². The quantitative estimate of drug-likeness (QED) is 0.783. The minimum Gasteiger partial charge on any atom is -0.356 e. The summed E-state index contributed by atoms with van der Waals surface area (Å²) in [6.07, 6.45) is 2.37. The van der Waals surface area contributed by atoms with Gasteiger partial charge in [-0.1, -0.05) is 45.0 Å². The summed E-state index contributed by atoms with van der Waals surface area (Å²) in [4.78, 5) is 13.9. The summed E-state index contributed by atoms with van der Waals surface area (Å²) in [6.45, 7) is 8.41. The molecule has 0 saturated heterocycles. The lowest BCUT2D eigenvalue weighted by Gasteiger charge is -2.19. The predicted octanol–water partition coefficient (Wildman–Crippen LogP) is 2.98. The number of nitrogens with zero attached hydrogens (tertiary/aromatic N) is 1. The van der Waals surface area contributed by atoms with E-state index in [1.165, 1.54) is 11.1 Å². The van der Waals surface area contributed by atoms with Crippen molar-refractivity contribution in [1.29, 1.82) is 0 Å². The Morgan fingerprint density at radius 3 is 2.29 bits per heavy atom. The van der Waals surface area contributed by atoms with Gasteiger partial charge in [-0.15, -0.1) is 0 Å². The fraction of sp³-hybridized carbons (Fsp3) is 0.611. The number of hydrogen-bond donors (Lipinski definition) is 1. The van der Waals surface area contributed by atoms with E-state index in [1.54, 1.807) is 0 Å². The Morgan fingerprint density at radius 1 is 1.14 bits per heavy atom. The molecule has 1 amide bonds. The molecule has 0 spiro atoms. The molecule has 1 aromatic rings. The molecule has 1 rings (SSSR count). The van der Waals surface area contributed by atoms with Gasteiger partial charge < -0.3 is 10.2 Å². The molecular formula is C18H30N2O. The normalized spacial score (nSPS) is 11.7. The van der Waals surface area contributed by atoms with E-state index in [-0.39, 0.29) is 11.3 Å². The zero-order chi connectivity index (χ0) is 15.9. The standard InChI is InChI=1S/C18H30N2O/c1-18(2,3)16-10-7-15(8-11-16)9-12-17(21)19-13-6-14-20(4)5/h7-8,10-11H,6,9,12-14H2,1-5H3,(H,19,21). The molecule has 0 fully saturated rings. The third-order valence-electron chi connectivity index (χ3n) is 3.56. The van der Waals surface area contributed by atoms with Crippen molar-refractivity contribution in [2.24, 2.45) is 0 Å². The fourth-order valence-electron chi connectivity index (χ4n) is 2.14. The van der Waals surface area contributed by atoms with Crippen molar-refractivity contribution in [3.05, 3.63) is 35.4 Å². The Bertz CT molecular complexity index is 430. The van der Waals surface area contributed by atoms with Crippen LogP contribution in [-0.2, 0) is 16.6 Å². The van der Waals surface area contributed by atoms with Crippen LogP contribution in [0.25, 0.3) is 0 Å². The highest BCUT2D eigenvalue weighted by atomic mass is 16.1. The van der Waals surface area contributed by atoms with Gasteiger partial charge in [-0.3, -0.25) is 4.79 Å². The van der Waals surface area contributed by atoms with E-state index >= 15 is 0 Å². The van der Waals surface area contributed by atoms with Crippen LogP contribution in [0.5, 0.6) is 0 Å². The van der Waals surface area contributed by atoms with Crippen molar-refractivity contribution in [2.45, 2.75) is 45.4 Å². The maximum atomic E-state index is 11.8. The monoisotopic (exact) mass is 290 g/mol. The lowest BCUT2D eigenvalue weighted by Crippen LogP contribution is -2.27. The topological polar surface area (TPSA) is 32.3 Å².